The van der Waals surface area contributed by atoms with E-state index in [1.165, 1.54) is 27.5 Å². The highest BCUT2D eigenvalue weighted by Crippen LogP contribution is 2.34. The second-order valence-electron chi connectivity index (χ2n) is 9.85. The molecule has 0 heterocycles. The van der Waals surface area contributed by atoms with Gasteiger partial charge in [-0.2, -0.15) is 0 Å². The Kier molecular flexibility index (Phi) is 9.84. The molecule has 0 atom stereocenters. The zero-order chi connectivity index (χ0) is 29.0. The van der Waals surface area contributed by atoms with Crippen LogP contribution in [0, 0.1) is 0 Å². The largest absolute Gasteiger partial charge is 0.311 e. The van der Waals surface area contributed by atoms with Crippen LogP contribution in [0.1, 0.15) is 25.0 Å². The monoisotopic (exact) mass is 541 g/mol. The Morgan fingerprint density at radius 3 is 1.07 bits per heavy atom. The van der Waals surface area contributed by atoms with E-state index in [0.717, 1.165) is 17.1 Å². The summed E-state index contributed by atoms with van der Waals surface area (Å²) in [7, 11) is 0. The predicted molar refractivity (Wildman–Crippen MR) is 185 cm³/mol. The van der Waals surface area contributed by atoms with E-state index < -0.39 is 0 Å². The highest BCUT2D eigenvalue weighted by Gasteiger charge is 2.20. The summed E-state index contributed by atoms with van der Waals surface area (Å²) in [6, 6.07) is 60.1. The molecule has 0 amide bonds. The third kappa shape index (κ3) is 6.97. The number of benzene rings is 6. The van der Waals surface area contributed by atoms with Crippen LogP contribution < -0.4 is 21.3 Å². The molecule has 2 heteroatoms. The SMILES string of the molecule is C(=C\c1ccc(N(c2ccccc2)c2ccccc2)cc1)/c1ccc(B(c2ccccc2)c2ccccc2)cc1.CC. The van der Waals surface area contributed by atoms with Crippen LogP contribution in [0.2, 0.25) is 0 Å². The zero-order valence-electron chi connectivity index (χ0n) is 24.3. The number of rotatable bonds is 8. The van der Waals surface area contributed by atoms with Crippen molar-refractivity contribution in [2.45, 2.75) is 13.8 Å². The van der Waals surface area contributed by atoms with Crippen molar-refractivity contribution >= 4 is 52.3 Å². The number of hydrogen-bond acceptors (Lipinski definition) is 1. The number of anilines is 3. The fourth-order valence-corrected chi connectivity index (χ4v) is 5.20. The molecular weight excluding hydrogens is 505 g/mol. The normalized spacial score (nSPS) is 10.5. The molecule has 0 spiro atoms. The maximum Gasteiger partial charge on any atom is 0.241 e. The molecule has 6 aromatic carbocycles. The van der Waals surface area contributed by atoms with E-state index in [1.807, 2.05) is 13.8 Å². The summed E-state index contributed by atoms with van der Waals surface area (Å²) in [5.74, 6) is 0. The molecule has 6 rings (SSSR count). The van der Waals surface area contributed by atoms with Gasteiger partial charge in [0.1, 0.15) is 0 Å². The van der Waals surface area contributed by atoms with Crippen LogP contribution >= 0.6 is 0 Å². The Labute approximate surface area is 251 Å². The van der Waals surface area contributed by atoms with Gasteiger partial charge < -0.3 is 4.90 Å². The van der Waals surface area contributed by atoms with E-state index in [2.05, 4.69) is 187 Å². The fourth-order valence-electron chi connectivity index (χ4n) is 5.20. The first-order valence-corrected chi connectivity index (χ1v) is 14.7. The minimum Gasteiger partial charge on any atom is -0.311 e. The fraction of sp³-hybridized carbons (Fsp3) is 0.0500. The van der Waals surface area contributed by atoms with E-state index in [9.17, 15) is 0 Å². The highest BCUT2D eigenvalue weighted by atomic mass is 15.1. The Hall–Kier alpha value is -5.08. The minimum absolute atomic E-state index is 0.213. The first kappa shape index (κ1) is 28.5. The topological polar surface area (TPSA) is 3.24 Å². The van der Waals surface area contributed by atoms with Crippen molar-refractivity contribution in [3.05, 3.63) is 181 Å². The minimum atomic E-state index is 0.213. The average molecular weight is 542 g/mol. The number of nitrogens with zero attached hydrogens (tertiary/aromatic N) is 1. The standard InChI is InChI=1S/C38H30BN.C2H6/c1-5-13-33(14-6-1)39(34-15-7-2-8-16-34)35-27-23-31(24-28-35)21-22-32-25-29-38(30-26-32)40(36-17-9-3-10-18-36)37-19-11-4-12-20-37;1-2/h1-30H;1-2H3/b22-21+;. The molecule has 0 aliphatic heterocycles. The molecule has 0 aliphatic rings. The first-order chi connectivity index (χ1) is 20.8. The van der Waals surface area contributed by atoms with Gasteiger partial charge in [-0.15, -0.1) is 0 Å². The molecule has 1 nitrogen and oxygen atoms in total. The second-order valence-corrected chi connectivity index (χ2v) is 9.85. The maximum absolute atomic E-state index is 2.28. The summed E-state index contributed by atoms with van der Waals surface area (Å²) in [5, 5.41) is 0. The molecule has 0 bridgehead atoms. The van der Waals surface area contributed by atoms with Crippen LogP contribution in [0.3, 0.4) is 0 Å². The van der Waals surface area contributed by atoms with Gasteiger partial charge in [0.05, 0.1) is 0 Å². The molecule has 0 saturated heterocycles. The molecule has 0 aromatic heterocycles. The van der Waals surface area contributed by atoms with Gasteiger partial charge in [-0.1, -0.05) is 176 Å². The van der Waals surface area contributed by atoms with E-state index >= 15 is 0 Å². The third-order valence-corrected chi connectivity index (χ3v) is 7.18. The number of hydrogen-bond donors (Lipinski definition) is 0. The van der Waals surface area contributed by atoms with Crippen LogP contribution in [0.15, 0.2) is 170 Å². The molecule has 0 N–H and O–H groups in total. The molecule has 0 aliphatic carbocycles. The zero-order valence-corrected chi connectivity index (χ0v) is 24.3. The van der Waals surface area contributed by atoms with Crippen molar-refractivity contribution < 1.29 is 0 Å². The van der Waals surface area contributed by atoms with E-state index in [-0.39, 0.29) is 6.71 Å². The van der Waals surface area contributed by atoms with Gasteiger partial charge in [0, 0.05) is 17.1 Å². The van der Waals surface area contributed by atoms with Gasteiger partial charge in [-0.05, 0) is 47.5 Å². The lowest BCUT2D eigenvalue weighted by atomic mass is 9.37. The smallest absolute Gasteiger partial charge is 0.241 e. The molecule has 0 radical (unpaired) electrons. The molecular formula is C40H36BN. The maximum atomic E-state index is 2.28. The van der Waals surface area contributed by atoms with Crippen molar-refractivity contribution in [2.75, 3.05) is 4.90 Å². The van der Waals surface area contributed by atoms with E-state index in [0.29, 0.717) is 0 Å². The molecule has 6 aromatic rings. The van der Waals surface area contributed by atoms with E-state index in [4.69, 9.17) is 0 Å². The van der Waals surface area contributed by atoms with Crippen LogP contribution in [0.4, 0.5) is 17.1 Å². The molecule has 0 fully saturated rings. The van der Waals surface area contributed by atoms with Crippen LogP contribution in [-0.2, 0) is 0 Å². The molecule has 42 heavy (non-hydrogen) atoms. The quantitative estimate of drug-likeness (QED) is 0.137. The lowest BCUT2D eigenvalue weighted by Crippen LogP contribution is -2.51. The predicted octanol–water partition coefficient (Wildman–Crippen LogP) is 8.87. The van der Waals surface area contributed by atoms with Gasteiger partial charge in [0.25, 0.3) is 0 Å². The first-order valence-electron chi connectivity index (χ1n) is 14.7. The Morgan fingerprint density at radius 1 is 0.357 bits per heavy atom. The van der Waals surface area contributed by atoms with Crippen molar-refractivity contribution in [1.29, 1.82) is 0 Å². The number of para-hydroxylation sites is 2. The van der Waals surface area contributed by atoms with Crippen molar-refractivity contribution in [3.63, 3.8) is 0 Å². The second kappa shape index (κ2) is 14.5. The van der Waals surface area contributed by atoms with Gasteiger partial charge in [-0.3, -0.25) is 0 Å². The summed E-state index contributed by atoms with van der Waals surface area (Å²) >= 11 is 0. The summed E-state index contributed by atoms with van der Waals surface area (Å²) in [5.41, 5.74) is 9.66. The lowest BCUT2D eigenvalue weighted by molar-refractivity contribution is 1.28. The van der Waals surface area contributed by atoms with Gasteiger partial charge in [0.15, 0.2) is 0 Å². The lowest BCUT2D eigenvalue weighted by Gasteiger charge is -2.25. The summed E-state index contributed by atoms with van der Waals surface area (Å²) in [6.45, 7) is 4.21. The molecule has 0 unspecified atom stereocenters. The molecule has 204 valence electrons. The van der Waals surface area contributed by atoms with Crippen molar-refractivity contribution in [2.24, 2.45) is 0 Å². The Balaban J connectivity index is 0.00000173. The van der Waals surface area contributed by atoms with Gasteiger partial charge >= 0.3 is 0 Å². The highest BCUT2D eigenvalue weighted by molar-refractivity contribution is 6.95. The van der Waals surface area contributed by atoms with E-state index in [1.54, 1.807) is 0 Å². The van der Waals surface area contributed by atoms with Gasteiger partial charge in [0.2, 0.25) is 6.71 Å². The Morgan fingerprint density at radius 2 is 0.667 bits per heavy atom. The van der Waals surface area contributed by atoms with Crippen LogP contribution in [0.25, 0.3) is 12.2 Å². The van der Waals surface area contributed by atoms with Crippen molar-refractivity contribution in [1.82, 2.24) is 0 Å². The van der Waals surface area contributed by atoms with Crippen LogP contribution in [0.5, 0.6) is 0 Å². The van der Waals surface area contributed by atoms with Crippen LogP contribution in [-0.4, -0.2) is 6.71 Å². The summed E-state index contributed by atoms with van der Waals surface area (Å²) < 4.78 is 0. The van der Waals surface area contributed by atoms with Gasteiger partial charge in [-0.25, -0.2) is 0 Å². The summed E-state index contributed by atoms with van der Waals surface area (Å²) in [6.07, 6.45) is 4.37. The summed E-state index contributed by atoms with van der Waals surface area (Å²) in [4.78, 5) is 2.28. The Bertz CT molecular complexity index is 1440. The average Bonchev–Trinajstić information content (AvgIpc) is 3.08. The third-order valence-electron chi connectivity index (χ3n) is 7.18. The molecule has 0 saturated carbocycles. The van der Waals surface area contributed by atoms with Crippen molar-refractivity contribution in [3.8, 4) is 0 Å².